The number of phenols is 1. The molecule has 4 bridgehead atoms. The van der Waals surface area contributed by atoms with Crippen molar-refractivity contribution in [1.82, 2.24) is 0 Å². The van der Waals surface area contributed by atoms with E-state index in [4.69, 9.17) is 18.9 Å². The summed E-state index contributed by atoms with van der Waals surface area (Å²) >= 11 is 0. The average molecular weight is 663 g/mol. The number of aromatic hydroxyl groups is 1. The zero-order valence-corrected chi connectivity index (χ0v) is 28.9. The molecule has 1 spiro atoms. The lowest BCUT2D eigenvalue weighted by Gasteiger charge is -2.56. The fraction of sp³-hybridized carbons (Fsp3) is 0.553. The summed E-state index contributed by atoms with van der Waals surface area (Å²) in [6.45, 7) is 14.6. The van der Waals surface area contributed by atoms with E-state index in [1.54, 1.807) is 25.2 Å². The van der Waals surface area contributed by atoms with E-state index in [9.17, 15) is 29.7 Å². The quantitative estimate of drug-likeness (QED) is 0.168. The molecular formula is C38H46O10. The van der Waals surface area contributed by atoms with Crippen molar-refractivity contribution in [2.75, 3.05) is 0 Å². The van der Waals surface area contributed by atoms with E-state index in [1.165, 1.54) is 19.4 Å². The number of aliphatic hydroxyl groups excluding tert-OH is 1. The van der Waals surface area contributed by atoms with Crippen LogP contribution in [-0.4, -0.2) is 67.5 Å². The Hall–Kier alpha value is -3.73. The van der Waals surface area contributed by atoms with Gasteiger partial charge in [0.05, 0.1) is 22.9 Å². The molecule has 0 amide bonds. The van der Waals surface area contributed by atoms with Gasteiger partial charge in [-0.05, 0) is 92.9 Å². The van der Waals surface area contributed by atoms with Crippen molar-refractivity contribution in [2.45, 2.75) is 122 Å². The lowest BCUT2D eigenvalue weighted by atomic mass is 9.51. The van der Waals surface area contributed by atoms with Crippen LogP contribution in [0.2, 0.25) is 0 Å². The predicted octanol–water partition coefficient (Wildman–Crippen LogP) is 5.45. The van der Waals surface area contributed by atoms with Crippen molar-refractivity contribution in [2.24, 2.45) is 11.8 Å². The molecule has 0 radical (unpaired) electrons. The van der Waals surface area contributed by atoms with Gasteiger partial charge in [0, 0.05) is 35.8 Å². The predicted molar refractivity (Wildman–Crippen MR) is 177 cm³/mol. The highest BCUT2D eigenvalue weighted by molar-refractivity contribution is 6.19. The number of carbonyl (C=O) groups excluding carboxylic acids is 3. The van der Waals surface area contributed by atoms with Gasteiger partial charge in [-0.2, -0.15) is 0 Å². The number of rotatable bonds is 10. The van der Waals surface area contributed by atoms with Crippen LogP contribution in [-0.2, 0) is 25.5 Å². The molecule has 6 atom stereocenters. The highest BCUT2D eigenvalue weighted by Crippen LogP contribution is 2.68. The van der Waals surface area contributed by atoms with Crippen LogP contribution in [0.3, 0.4) is 0 Å². The van der Waals surface area contributed by atoms with Gasteiger partial charge in [0.1, 0.15) is 34.2 Å². The fourth-order valence-corrected chi connectivity index (χ4v) is 8.34. The minimum absolute atomic E-state index is 0.00711. The van der Waals surface area contributed by atoms with E-state index >= 15 is 0 Å². The highest BCUT2D eigenvalue weighted by atomic mass is 16.6. The number of ether oxygens (including phenoxy) is 4. The topological polar surface area (TPSA) is 149 Å². The van der Waals surface area contributed by atoms with Crippen LogP contribution in [0.5, 0.6) is 17.2 Å². The minimum Gasteiger partial charge on any atom is -0.506 e. The first-order chi connectivity index (χ1) is 22.3. The lowest BCUT2D eigenvalue weighted by molar-refractivity contribution is -0.171. The largest absolute Gasteiger partial charge is 0.506 e. The number of carbonyl (C=O) groups is 3. The average Bonchev–Trinajstić information content (AvgIpc) is 3.14. The lowest BCUT2D eigenvalue weighted by Crippen LogP contribution is -2.72. The number of fused-ring (bicyclic) bond motifs is 2. The second-order valence-corrected chi connectivity index (χ2v) is 15.5. The van der Waals surface area contributed by atoms with E-state index in [0.29, 0.717) is 24.9 Å². The number of hydrogen-bond acceptors (Lipinski definition) is 10. The second-order valence-electron chi connectivity index (χ2n) is 15.5. The molecule has 3 N–H and O–H groups in total. The Morgan fingerprint density at radius 1 is 1.12 bits per heavy atom. The van der Waals surface area contributed by atoms with Crippen LogP contribution >= 0.6 is 0 Å². The molecule has 3 aliphatic heterocycles. The van der Waals surface area contributed by atoms with Crippen molar-refractivity contribution in [3.8, 4) is 17.2 Å². The van der Waals surface area contributed by atoms with Gasteiger partial charge in [0.25, 0.3) is 6.47 Å². The minimum atomic E-state index is -1.66. The standard InChI is InChI=1S/C38H46O10/c1-20(2)10-9-13-36(8)14-12-23-29(41)28-30(42)25-16-22-17-26-35(6,7)48-37(33(22)43,15-11-21(3)45-19-39)38(25,26)47-32(28)24(31(23)46-36)18-27(40)34(4,5)44/h10-12,14,16,19,22,26-27,40-41,44H,9,13,15,17-18H2,1-8H3/t22?,26?,27?,36-,37?,38-/m1/s1. The van der Waals surface area contributed by atoms with Gasteiger partial charge in [-0.25, -0.2) is 0 Å². The number of allylic oxidation sites excluding steroid dienone is 4. The van der Waals surface area contributed by atoms with E-state index < -0.39 is 51.7 Å². The van der Waals surface area contributed by atoms with Crippen LogP contribution in [0.25, 0.3) is 6.08 Å². The Labute approximate surface area is 281 Å². The Morgan fingerprint density at radius 2 is 1.83 bits per heavy atom. The monoisotopic (exact) mass is 662 g/mol. The smallest absolute Gasteiger partial charge is 0.298 e. The maximum Gasteiger partial charge on any atom is 0.298 e. The summed E-state index contributed by atoms with van der Waals surface area (Å²) in [6, 6.07) is 0. The van der Waals surface area contributed by atoms with Crippen LogP contribution in [0.15, 0.2) is 41.2 Å². The Kier molecular flexibility index (Phi) is 7.93. The molecule has 1 saturated carbocycles. The molecule has 10 nitrogen and oxygen atoms in total. The Balaban J connectivity index is 1.59. The Bertz CT molecular complexity index is 1720. The summed E-state index contributed by atoms with van der Waals surface area (Å²) in [5, 5.41) is 33.9. The van der Waals surface area contributed by atoms with Crippen LogP contribution in [0.4, 0.5) is 0 Å². The number of aliphatic hydroxyl groups is 2. The van der Waals surface area contributed by atoms with E-state index in [-0.39, 0.29) is 58.3 Å². The van der Waals surface area contributed by atoms with Crippen LogP contribution in [0.1, 0.15) is 103 Å². The molecular weight excluding hydrogens is 616 g/mol. The molecule has 1 aromatic carbocycles. The third-order valence-corrected chi connectivity index (χ3v) is 10.9. The van der Waals surface area contributed by atoms with E-state index in [1.807, 2.05) is 40.7 Å². The first-order valence-corrected chi connectivity index (χ1v) is 16.6. The van der Waals surface area contributed by atoms with E-state index in [2.05, 4.69) is 6.08 Å². The number of hydrogen-bond donors (Lipinski definition) is 3. The van der Waals surface area contributed by atoms with Gasteiger partial charge < -0.3 is 34.3 Å². The summed E-state index contributed by atoms with van der Waals surface area (Å²) in [4.78, 5) is 40.2. The zero-order chi connectivity index (χ0) is 35.2. The third kappa shape index (κ3) is 4.90. The summed E-state index contributed by atoms with van der Waals surface area (Å²) in [6.07, 6.45) is 9.12. The third-order valence-electron chi connectivity index (χ3n) is 10.9. The van der Waals surface area contributed by atoms with Gasteiger partial charge in [0.2, 0.25) is 0 Å². The normalized spacial score (nSPS) is 31.5. The molecule has 4 unspecified atom stereocenters. The zero-order valence-electron chi connectivity index (χ0n) is 28.9. The number of phenolic OH excluding ortho intramolecular Hbond substituents is 1. The Morgan fingerprint density at radius 3 is 2.48 bits per heavy atom. The molecule has 48 heavy (non-hydrogen) atoms. The summed E-state index contributed by atoms with van der Waals surface area (Å²) in [5.41, 5.74) is -4.63. The first kappa shape index (κ1) is 34.1. The summed E-state index contributed by atoms with van der Waals surface area (Å²) in [5.74, 6) is -1.65. The SMILES string of the molecule is CC(C)=CCC[C@]1(C)C=Cc2c(O)c3c(c(CC(O)C(C)(C)O)c2O1)O[C@]12C(=CC4CC1C(C)(C)OC2(CC=C(C)OC=O)C4=O)C3=O. The summed E-state index contributed by atoms with van der Waals surface area (Å²) < 4.78 is 25.5. The molecule has 0 aromatic heterocycles. The number of Topliss-reactive ketones (excluding diaryl/α,β-unsaturated/α-hetero) is 2. The molecule has 3 heterocycles. The number of ketones is 2. The van der Waals surface area contributed by atoms with E-state index in [0.717, 1.165) is 6.42 Å². The molecule has 1 aromatic rings. The van der Waals surface area contributed by atoms with Crippen molar-refractivity contribution in [1.29, 1.82) is 0 Å². The van der Waals surface area contributed by atoms with Gasteiger partial charge >= 0.3 is 0 Å². The number of benzene rings is 1. The molecule has 10 heteroatoms. The molecule has 1 saturated heterocycles. The van der Waals surface area contributed by atoms with Crippen molar-refractivity contribution < 1.29 is 48.7 Å². The maximum atomic E-state index is 14.8. The van der Waals surface area contributed by atoms with Crippen LogP contribution in [0, 0.1) is 11.8 Å². The highest BCUT2D eigenvalue weighted by Gasteiger charge is 2.81. The molecule has 258 valence electrons. The van der Waals surface area contributed by atoms with Gasteiger partial charge in [-0.1, -0.05) is 17.7 Å². The van der Waals surface area contributed by atoms with Crippen molar-refractivity contribution in [3.63, 3.8) is 0 Å². The second kappa shape index (κ2) is 11.1. The van der Waals surface area contributed by atoms with Crippen molar-refractivity contribution >= 4 is 24.1 Å². The summed E-state index contributed by atoms with van der Waals surface area (Å²) in [7, 11) is 0. The van der Waals surface area contributed by atoms with Gasteiger partial charge in [-0.3, -0.25) is 14.4 Å². The molecule has 2 fully saturated rings. The van der Waals surface area contributed by atoms with Gasteiger partial charge in [-0.15, -0.1) is 0 Å². The fourth-order valence-electron chi connectivity index (χ4n) is 8.34. The first-order valence-electron chi connectivity index (χ1n) is 16.6. The molecule has 3 aliphatic carbocycles. The van der Waals surface area contributed by atoms with Crippen LogP contribution < -0.4 is 9.47 Å². The molecule has 7 rings (SSSR count). The van der Waals surface area contributed by atoms with Gasteiger partial charge in [0.15, 0.2) is 22.8 Å². The maximum absolute atomic E-state index is 14.8. The molecule has 6 aliphatic rings. The van der Waals surface area contributed by atoms with Crippen molar-refractivity contribution in [3.05, 3.63) is 57.9 Å².